The number of aliphatic hydroxyl groups is 8. The second-order valence-corrected chi connectivity index (χ2v) is 8.69. The average Bonchev–Trinajstić information content (AvgIpc) is 2.79. The van der Waals surface area contributed by atoms with Crippen LogP contribution in [-0.2, 0) is 18.9 Å². The molecule has 3 rings (SSSR count). The van der Waals surface area contributed by atoms with Crippen LogP contribution in [0.25, 0.3) is 0 Å². The van der Waals surface area contributed by atoms with Crippen LogP contribution >= 0.6 is 0 Å². The lowest BCUT2D eigenvalue weighted by atomic mass is 9.85. The summed E-state index contributed by atoms with van der Waals surface area (Å²) >= 11 is 0. The van der Waals surface area contributed by atoms with E-state index >= 15 is 0 Å². The quantitative estimate of drug-likeness (QED) is 0.167. The number of ether oxygens (including phenoxy) is 4. The van der Waals surface area contributed by atoms with Gasteiger partial charge in [-0.3, -0.25) is 0 Å². The Labute approximate surface area is 189 Å². The third kappa shape index (κ3) is 5.32. The molecule has 3 aliphatic rings. The van der Waals surface area contributed by atoms with Crippen LogP contribution in [0.5, 0.6) is 0 Å². The minimum atomic E-state index is -1.69. The van der Waals surface area contributed by atoms with Crippen LogP contribution in [0.3, 0.4) is 0 Å². The third-order valence-electron chi connectivity index (χ3n) is 6.41. The van der Waals surface area contributed by atoms with Gasteiger partial charge in [-0.1, -0.05) is 0 Å². The SMILES string of the molecule is NC[C@H]1O[C@H](O[C@H]2[C@H](O)[C@@H](O[C@H]3O[C@H](CO)[C@@H](O)[C@H](N)[C@H]3O)C(O)C[C@@H]2N)[C@H](O)[C@@H](O)[C@@H]1O. The molecule has 15 atom stereocenters. The Bertz CT molecular complexity index is 582. The fourth-order valence-corrected chi connectivity index (χ4v) is 4.33. The van der Waals surface area contributed by atoms with E-state index in [4.69, 9.17) is 36.1 Å². The van der Waals surface area contributed by atoms with Crippen LogP contribution in [0.2, 0.25) is 0 Å². The summed E-state index contributed by atoms with van der Waals surface area (Å²) in [5.74, 6) is 0. The van der Waals surface area contributed by atoms with Gasteiger partial charge in [0, 0.05) is 12.6 Å². The van der Waals surface area contributed by atoms with E-state index < -0.39 is 98.4 Å². The van der Waals surface area contributed by atoms with Crippen LogP contribution < -0.4 is 17.2 Å². The lowest BCUT2D eigenvalue weighted by molar-refractivity contribution is -0.338. The van der Waals surface area contributed by atoms with E-state index in [9.17, 15) is 40.9 Å². The molecule has 0 radical (unpaired) electrons. The molecule has 2 heterocycles. The van der Waals surface area contributed by atoms with Crippen molar-refractivity contribution < 1.29 is 59.8 Å². The first kappa shape index (κ1) is 27.0. The molecule has 0 aromatic rings. The molecule has 0 aromatic heterocycles. The van der Waals surface area contributed by atoms with Gasteiger partial charge in [0.1, 0.15) is 61.0 Å². The number of hydrogen-bond donors (Lipinski definition) is 11. The van der Waals surface area contributed by atoms with Crippen molar-refractivity contribution in [3.63, 3.8) is 0 Å². The first-order chi connectivity index (χ1) is 15.5. The summed E-state index contributed by atoms with van der Waals surface area (Å²) in [4.78, 5) is 0. The first-order valence-corrected chi connectivity index (χ1v) is 10.7. The summed E-state index contributed by atoms with van der Waals surface area (Å²) < 4.78 is 21.9. The van der Waals surface area contributed by atoms with Crippen molar-refractivity contribution in [2.24, 2.45) is 17.2 Å². The maximum Gasteiger partial charge on any atom is 0.187 e. The zero-order chi connectivity index (χ0) is 24.6. The minimum absolute atomic E-state index is 0.137. The van der Waals surface area contributed by atoms with Gasteiger partial charge in [-0.2, -0.15) is 0 Å². The lowest BCUT2D eigenvalue weighted by Crippen LogP contribution is -2.67. The first-order valence-electron chi connectivity index (χ1n) is 10.7. The maximum absolute atomic E-state index is 10.9. The molecule has 2 aliphatic heterocycles. The molecule has 1 aliphatic carbocycles. The summed E-state index contributed by atoms with van der Waals surface area (Å²) in [5.41, 5.74) is 17.3. The van der Waals surface area contributed by atoms with Crippen LogP contribution in [0, 0.1) is 0 Å². The van der Waals surface area contributed by atoms with Gasteiger partial charge in [-0.25, -0.2) is 0 Å². The summed E-state index contributed by atoms with van der Waals surface area (Å²) in [6.07, 6.45) is -18.8. The zero-order valence-corrected chi connectivity index (χ0v) is 17.7. The van der Waals surface area contributed by atoms with Gasteiger partial charge in [0.25, 0.3) is 0 Å². The molecule has 194 valence electrons. The maximum atomic E-state index is 10.9. The molecular formula is C18H35N3O12. The minimum Gasteiger partial charge on any atom is -0.394 e. The van der Waals surface area contributed by atoms with Crippen LogP contribution in [0.1, 0.15) is 6.42 Å². The van der Waals surface area contributed by atoms with Crippen LogP contribution in [-0.4, -0.2) is 146 Å². The van der Waals surface area contributed by atoms with Gasteiger partial charge in [0.05, 0.1) is 18.8 Å². The van der Waals surface area contributed by atoms with E-state index in [1.807, 2.05) is 0 Å². The van der Waals surface area contributed by atoms with E-state index in [2.05, 4.69) is 0 Å². The summed E-state index contributed by atoms with van der Waals surface area (Å²) in [6.45, 7) is -0.815. The predicted molar refractivity (Wildman–Crippen MR) is 106 cm³/mol. The molecular weight excluding hydrogens is 450 g/mol. The number of rotatable bonds is 6. The fraction of sp³-hybridized carbons (Fsp3) is 1.00. The Morgan fingerprint density at radius 3 is 1.88 bits per heavy atom. The summed E-state index contributed by atoms with van der Waals surface area (Å²) in [5, 5.41) is 81.1. The summed E-state index contributed by atoms with van der Waals surface area (Å²) in [6, 6.07) is -2.20. The van der Waals surface area contributed by atoms with Crippen molar-refractivity contribution >= 4 is 0 Å². The van der Waals surface area contributed by atoms with Gasteiger partial charge in [-0.05, 0) is 6.42 Å². The molecule has 0 spiro atoms. The van der Waals surface area contributed by atoms with Crippen molar-refractivity contribution in [1.29, 1.82) is 0 Å². The monoisotopic (exact) mass is 485 g/mol. The average molecular weight is 485 g/mol. The molecule has 3 fully saturated rings. The highest BCUT2D eigenvalue weighted by Gasteiger charge is 2.51. The highest BCUT2D eigenvalue weighted by Crippen LogP contribution is 2.31. The third-order valence-corrected chi connectivity index (χ3v) is 6.41. The van der Waals surface area contributed by atoms with Gasteiger partial charge in [0.2, 0.25) is 0 Å². The second-order valence-electron chi connectivity index (χ2n) is 8.69. The molecule has 14 N–H and O–H groups in total. The molecule has 0 amide bonds. The van der Waals surface area contributed by atoms with Crippen LogP contribution in [0.15, 0.2) is 0 Å². The topological polar surface area (TPSA) is 277 Å². The molecule has 0 bridgehead atoms. The Kier molecular flexibility index (Phi) is 8.99. The predicted octanol–water partition coefficient (Wildman–Crippen LogP) is -7.26. The second kappa shape index (κ2) is 11.0. The van der Waals surface area contributed by atoms with E-state index in [0.29, 0.717) is 0 Å². The molecule has 15 nitrogen and oxygen atoms in total. The Morgan fingerprint density at radius 2 is 1.27 bits per heavy atom. The number of hydrogen-bond acceptors (Lipinski definition) is 15. The largest absolute Gasteiger partial charge is 0.394 e. The van der Waals surface area contributed by atoms with Gasteiger partial charge < -0.3 is 77.0 Å². The zero-order valence-electron chi connectivity index (χ0n) is 17.7. The van der Waals surface area contributed by atoms with E-state index in [0.717, 1.165) is 0 Å². The fourth-order valence-electron chi connectivity index (χ4n) is 4.33. The normalized spacial score (nSPS) is 53.7. The molecule has 33 heavy (non-hydrogen) atoms. The Balaban J connectivity index is 1.72. The number of aliphatic hydroxyl groups excluding tert-OH is 8. The summed E-state index contributed by atoms with van der Waals surface area (Å²) in [7, 11) is 0. The lowest BCUT2D eigenvalue weighted by Gasteiger charge is -2.47. The van der Waals surface area contributed by atoms with Crippen molar-refractivity contribution in [2.75, 3.05) is 13.2 Å². The van der Waals surface area contributed by atoms with Crippen LogP contribution in [0.4, 0.5) is 0 Å². The van der Waals surface area contributed by atoms with Crippen molar-refractivity contribution in [1.82, 2.24) is 0 Å². The van der Waals surface area contributed by atoms with Gasteiger partial charge >= 0.3 is 0 Å². The molecule has 1 unspecified atom stereocenters. The Hall–Kier alpha value is -0.600. The molecule has 0 aromatic carbocycles. The van der Waals surface area contributed by atoms with Gasteiger partial charge in [-0.15, -0.1) is 0 Å². The highest BCUT2D eigenvalue weighted by atomic mass is 16.7. The van der Waals surface area contributed by atoms with E-state index in [1.165, 1.54) is 0 Å². The van der Waals surface area contributed by atoms with E-state index in [-0.39, 0.29) is 13.0 Å². The van der Waals surface area contributed by atoms with Crippen molar-refractivity contribution in [3.8, 4) is 0 Å². The number of nitrogens with two attached hydrogens (primary N) is 3. The highest BCUT2D eigenvalue weighted by molar-refractivity contribution is 5.00. The van der Waals surface area contributed by atoms with Gasteiger partial charge in [0.15, 0.2) is 12.6 Å². The molecule has 1 saturated carbocycles. The standard InChI is InChI=1S/C18H35N3O12/c19-2-6-10(25)12(27)13(28)18(30-6)32-15-4(20)1-5(23)16(14(15)29)33-17-11(26)8(21)9(24)7(3-22)31-17/h4-18,22-29H,1-3,19-21H2/t4-,5?,6+,7+,8-,9+,10+,11+,12-,13+,14-,15+,16-,17+,18+/m0/s1. The Morgan fingerprint density at radius 1 is 0.697 bits per heavy atom. The van der Waals surface area contributed by atoms with Crippen molar-refractivity contribution in [3.05, 3.63) is 0 Å². The van der Waals surface area contributed by atoms with E-state index in [1.54, 1.807) is 0 Å². The molecule has 15 heteroatoms. The smallest absolute Gasteiger partial charge is 0.187 e. The molecule has 2 saturated heterocycles. The van der Waals surface area contributed by atoms with Crippen molar-refractivity contribution in [2.45, 2.75) is 98.2 Å².